The van der Waals surface area contributed by atoms with E-state index in [1.807, 2.05) is 0 Å². The molecule has 5 heteroatoms. The van der Waals surface area contributed by atoms with Gasteiger partial charge < -0.3 is 10.6 Å². The van der Waals surface area contributed by atoms with E-state index in [4.69, 9.17) is 0 Å². The number of anilines is 1. The molecule has 0 aliphatic heterocycles. The Morgan fingerprint density at radius 3 is 2.50 bits per heavy atom. The van der Waals surface area contributed by atoms with Gasteiger partial charge in [-0.05, 0) is 19.1 Å². The SMILES string of the molecule is CC(NC(=O)C(C)(C)C)C(=O)Nc1cccnc1. The Hall–Kier alpha value is -1.91. The van der Waals surface area contributed by atoms with Gasteiger partial charge in [-0.25, -0.2) is 0 Å². The molecule has 0 fully saturated rings. The van der Waals surface area contributed by atoms with Crippen LogP contribution < -0.4 is 10.6 Å². The monoisotopic (exact) mass is 249 g/mol. The molecule has 0 radical (unpaired) electrons. The second-order valence-electron chi connectivity index (χ2n) is 5.18. The van der Waals surface area contributed by atoms with Crippen LogP contribution in [0.1, 0.15) is 27.7 Å². The quantitative estimate of drug-likeness (QED) is 0.854. The Labute approximate surface area is 107 Å². The normalized spacial score (nSPS) is 12.7. The summed E-state index contributed by atoms with van der Waals surface area (Å²) in [6.45, 7) is 7.05. The molecule has 2 amide bonds. The third-order valence-electron chi connectivity index (χ3n) is 2.35. The Morgan fingerprint density at radius 1 is 1.33 bits per heavy atom. The van der Waals surface area contributed by atoms with Crippen LogP contribution in [0.2, 0.25) is 0 Å². The summed E-state index contributed by atoms with van der Waals surface area (Å²) in [5, 5.41) is 5.35. The molecule has 1 unspecified atom stereocenters. The number of hydrogen-bond donors (Lipinski definition) is 2. The van der Waals surface area contributed by atoms with Crippen LogP contribution in [-0.2, 0) is 9.59 Å². The summed E-state index contributed by atoms with van der Waals surface area (Å²) in [5.74, 6) is -0.420. The first-order valence-electron chi connectivity index (χ1n) is 5.82. The molecular formula is C13H19N3O2. The highest BCUT2D eigenvalue weighted by molar-refractivity contribution is 5.97. The summed E-state index contributed by atoms with van der Waals surface area (Å²) in [4.78, 5) is 27.4. The van der Waals surface area contributed by atoms with Gasteiger partial charge in [-0.1, -0.05) is 20.8 Å². The number of aromatic nitrogens is 1. The van der Waals surface area contributed by atoms with E-state index in [0.717, 1.165) is 0 Å². The second kappa shape index (κ2) is 5.62. The number of carbonyl (C=O) groups excluding carboxylic acids is 2. The van der Waals surface area contributed by atoms with E-state index in [2.05, 4.69) is 15.6 Å². The largest absolute Gasteiger partial charge is 0.344 e. The third kappa shape index (κ3) is 4.16. The van der Waals surface area contributed by atoms with Crippen molar-refractivity contribution in [2.75, 3.05) is 5.32 Å². The highest BCUT2D eigenvalue weighted by atomic mass is 16.2. The van der Waals surface area contributed by atoms with Crippen LogP contribution in [0.5, 0.6) is 0 Å². The number of rotatable bonds is 3. The molecule has 1 aromatic rings. The lowest BCUT2D eigenvalue weighted by Crippen LogP contribution is -2.46. The highest BCUT2D eigenvalue weighted by Crippen LogP contribution is 2.13. The average Bonchev–Trinajstić information content (AvgIpc) is 2.28. The topological polar surface area (TPSA) is 71.1 Å². The molecule has 0 spiro atoms. The summed E-state index contributed by atoms with van der Waals surface area (Å²) >= 11 is 0. The van der Waals surface area contributed by atoms with E-state index in [1.54, 1.807) is 52.2 Å². The predicted molar refractivity (Wildman–Crippen MR) is 69.9 cm³/mol. The van der Waals surface area contributed by atoms with Crippen LogP contribution >= 0.6 is 0 Å². The van der Waals surface area contributed by atoms with E-state index in [-0.39, 0.29) is 11.8 Å². The van der Waals surface area contributed by atoms with Crippen molar-refractivity contribution in [1.29, 1.82) is 0 Å². The lowest BCUT2D eigenvalue weighted by molar-refractivity contribution is -0.131. The molecule has 1 aromatic heterocycles. The van der Waals surface area contributed by atoms with Crippen molar-refractivity contribution >= 4 is 17.5 Å². The van der Waals surface area contributed by atoms with Gasteiger partial charge in [0.05, 0.1) is 11.9 Å². The number of nitrogens with zero attached hydrogens (tertiary/aromatic N) is 1. The van der Waals surface area contributed by atoms with Crippen molar-refractivity contribution in [2.45, 2.75) is 33.7 Å². The minimum absolute atomic E-state index is 0.156. The molecule has 0 aliphatic rings. The number of hydrogen-bond acceptors (Lipinski definition) is 3. The molecule has 0 aliphatic carbocycles. The highest BCUT2D eigenvalue weighted by Gasteiger charge is 2.24. The van der Waals surface area contributed by atoms with Gasteiger partial charge in [-0.15, -0.1) is 0 Å². The standard InChI is InChI=1S/C13H19N3O2/c1-9(15-12(18)13(2,3)4)11(17)16-10-6-5-7-14-8-10/h5-9H,1-4H3,(H,15,18)(H,16,17). The number of carbonyl (C=O) groups is 2. The van der Waals surface area contributed by atoms with Gasteiger partial charge in [0.2, 0.25) is 11.8 Å². The maximum Gasteiger partial charge on any atom is 0.246 e. The second-order valence-corrected chi connectivity index (χ2v) is 5.18. The van der Waals surface area contributed by atoms with Gasteiger partial charge in [0, 0.05) is 11.6 Å². The average molecular weight is 249 g/mol. The lowest BCUT2D eigenvalue weighted by atomic mass is 9.95. The van der Waals surface area contributed by atoms with Crippen molar-refractivity contribution in [3.63, 3.8) is 0 Å². The zero-order chi connectivity index (χ0) is 13.8. The van der Waals surface area contributed by atoms with Gasteiger partial charge in [-0.2, -0.15) is 0 Å². The molecule has 5 nitrogen and oxygen atoms in total. The van der Waals surface area contributed by atoms with Gasteiger partial charge in [0.15, 0.2) is 0 Å². The fourth-order valence-corrected chi connectivity index (χ4v) is 1.17. The third-order valence-corrected chi connectivity index (χ3v) is 2.35. The molecule has 2 N–H and O–H groups in total. The maximum absolute atomic E-state index is 11.8. The minimum atomic E-state index is -0.586. The minimum Gasteiger partial charge on any atom is -0.344 e. The van der Waals surface area contributed by atoms with Crippen molar-refractivity contribution in [1.82, 2.24) is 10.3 Å². The van der Waals surface area contributed by atoms with Crippen LogP contribution in [0.4, 0.5) is 5.69 Å². The summed E-state index contributed by atoms with van der Waals surface area (Å²) < 4.78 is 0. The van der Waals surface area contributed by atoms with E-state index in [0.29, 0.717) is 5.69 Å². The van der Waals surface area contributed by atoms with Crippen molar-refractivity contribution in [3.8, 4) is 0 Å². The Morgan fingerprint density at radius 2 is 2.00 bits per heavy atom. The molecule has 1 atom stereocenters. The van der Waals surface area contributed by atoms with Gasteiger partial charge in [0.1, 0.15) is 6.04 Å². The zero-order valence-corrected chi connectivity index (χ0v) is 11.2. The van der Waals surface area contributed by atoms with Crippen LogP contribution in [0, 0.1) is 5.41 Å². The first kappa shape index (κ1) is 14.2. The molecule has 0 aromatic carbocycles. The smallest absolute Gasteiger partial charge is 0.246 e. The van der Waals surface area contributed by atoms with Crippen molar-refractivity contribution in [2.24, 2.45) is 5.41 Å². The van der Waals surface area contributed by atoms with Crippen molar-refractivity contribution < 1.29 is 9.59 Å². The first-order chi connectivity index (χ1) is 8.30. The lowest BCUT2D eigenvalue weighted by Gasteiger charge is -2.21. The Bertz CT molecular complexity index is 424. The summed E-state index contributed by atoms with van der Waals surface area (Å²) in [6, 6.07) is 2.88. The van der Waals surface area contributed by atoms with E-state index in [1.165, 1.54) is 0 Å². The number of pyridine rings is 1. The molecule has 0 saturated carbocycles. The fraction of sp³-hybridized carbons (Fsp3) is 0.462. The molecule has 98 valence electrons. The number of amides is 2. The predicted octanol–water partition coefficient (Wildman–Crippen LogP) is 1.57. The zero-order valence-electron chi connectivity index (χ0n) is 11.2. The van der Waals surface area contributed by atoms with Crippen LogP contribution in [-0.4, -0.2) is 22.8 Å². The Kier molecular flexibility index (Phi) is 4.42. The van der Waals surface area contributed by atoms with Gasteiger partial charge in [-0.3, -0.25) is 14.6 Å². The summed E-state index contributed by atoms with van der Waals surface area (Å²) in [6.07, 6.45) is 3.18. The fourth-order valence-electron chi connectivity index (χ4n) is 1.17. The van der Waals surface area contributed by atoms with Crippen molar-refractivity contribution in [3.05, 3.63) is 24.5 Å². The van der Waals surface area contributed by atoms with Gasteiger partial charge in [0.25, 0.3) is 0 Å². The summed E-state index contributed by atoms with van der Waals surface area (Å²) in [5.41, 5.74) is 0.0994. The molecule has 1 rings (SSSR count). The molecule has 0 bridgehead atoms. The Balaban J connectivity index is 2.55. The summed E-state index contributed by atoms with van der Waals surface area (Å²) in [7, 11) is 0. The first-order valence-corrected chi connectivity index (χ1v) is 5.82. The molecular weight excluding hydrogens is 230 g/mol. The number of nitrogens with one attached hydrogen (secondary N) is 2. The van der Waals surface area contributed by atoms with Crippen LogP contribution in [0.15, 0.2) is 24.5 Å². The maximum atomic E-state index is 11.8. The molecule has 0 saturated heterocycles. The molecule has 18 heavy (non-hydrogen) atoms. The molecule has 1 heterocycles. The van der Waals surface area contributed by atoms with Crippen LogP contribution in [0.25, 0.3) is 0 Å². The van der Waals surface area contributed by atoms with E-state index < -0.39 is 11.5 Å². The van der Waals surface area contributed by atoms with E-state index in [9.17, 15) is 9.59 Å². The van der Waals surface area contributed by atoms with E-state index >= 15 is 0 Å². The van der Waals surface area contributed by atoms with Gasteiger partial charge >= 0.3 is 0 Å². The van der Waals surface area contributed by atoms with Crippen LogP contribution in [0.3, 0.4) is 0 Å².